The standard InChI is InChI=1S/C17H16N2OS/c1-12-6-8-13(9-7-12)16-18-19-17(21-16)10-11-20-15-5-3-2-4-14(15)17/h2-9,19H,10-11H2,1H3. The molecule has 2 aromatic rings. The van der Waals surface area contributed by atoms with Crippen molar-refractivity contribution in [3.8, 4) is 5.75 Å². The van der Waals surface area contributed by atoms with E-state index in [1.165, 1.54) is 16.7 Å². The quantitative estimate of drug-likeness (QED) is 0.872. The number of para-hydroxylation sites is 1. The van der Waals surface area contributed by atoms with Crippen molar-refractivity contribution in [2.45, 2.75) is 18.2 Å². The first-order valence-electron chi connectivity index (χ1n) is 7.10. The summed E-state index contributed by atoms with van der Waals surface area (Å²) >= 11 is 1.79. The van der Waals surface area contributed by atoms with E-state index < -0.39 is 0 Å². The van der Waals surface area contributed by atoms with E-state index in [0.29, 0.717) is 6.61 Å². The second-order valence-corrected chi connectivity index (χ2v) is 6.71. The molecule has 106 valence electrons. The summed E-state index contributed by atoms with van der Waals surface area (Å²) in [5.74, 6) is 0.962. The summed E-state index contributed by atoms with van der Waals surface area (Å²) in [6.45, 7) is 2.82. The van der Waals surface area contributed by atoms with Crippen LogP contribution in [0.3, 0.4) is 0 Å². The van der Waals surface area contributed by atoms with Gasteiger partial charge in [-0.2, -0.15) is 5.10 Å². The number of nitrogens with one attached hydrogen (secondary N) is 1. The summed E-state index contributed by atoms with van der Waals surface area (Å²) in [5, 5.41) is 5.63. The first kappa shape index (κ1) is 12.8. The van der Waals surface area contributed by atoms with Crippen molar-refractivity contribution >= 4 is 16.8 Å². The van der Waals surface area contributed by atoms with Crippen LogP contribution < -0.4 is 10.2 Å². The van der Waals surface area contributed by atoms with Gasteiger partial charge in [0.1, 0.15) is 15.7 Å². The second kappa shape index (κ2) is 4.81. The van der Waals surface area contributed by atoms with Crippen molar-refractivity contribution in [2.24, 2.45) is 5.10 Å². The van der Waals surface area contributed by atoms with E-state index in [2.05, 4.69) is 53.8 Å². The van der Waals surface area contributed by atoms with Gasteiger partial charge in [0, 0.05) is 17.5 Å². The SMILES string of the molecule is Cc1ccc(C2=NNC3(CCOc4ccccc43)S2)cc1. The smallest absolute Gasteiger partial charge is 0.138 e. The molecule has 0 bridgehead atoms. The average Bonchev–Trinajstić information content (AvgIpc) is 2.93. The van der Waals surface area contributed by atoms with Crippen molar-refractivity contribution in [1.82, 2.24) is 5.43 Å². The van der Waals surface area contributed by atoms with Crippen molar-refractivity contribution in [3.05, 3.63) is 65.2 Å². The minimum absolute atomic E-state index is 0.185. The third-order valence-electron chi connectivity index (χ3n) is 3.94. The predicted molar refractivity (Wildman–Crippen MR) is 86.7 cm³/mol. The largest absolute Gasteiger partial charge is 0.493 e. The van der Waals surface area contributed by atoms with E-state index >= 15 is 0 Å². The third-order valence-corrected chi connectivity index (χ3v) is 5.33. The Bertz CT molecular complexity index is 711. The Morgan fingerprint density at radius 3 is 2.81 bits per heavy atom. The molecule has 2 heterocycles. The van der Waals surface area contributed by atoms with Crippen molar-refractivity contribution < 1.29 is 4.74 Å². The van der Waals surface area contributed by atoms with E-state index in [1.54, 1.807) is 11.8 Å². The molecular formula is C17H16N2OS. The fourth-order valence-electron chi connectivity index (χ4n) is 2.76. The maximum atomic E-state index is 5.76. The summed E-state index contributed by atoms with van der Waals surface area (Å²) in [7, 11) is 0. The monoisotopic (exact) mass is 296 g/mol. The molecule has 1 unspecified atom stereocenters. The molecule has 0 saturated carbocycles. The van der Waals surface area contributed by atoms with Crippen molar-refractivity contribution in [3.63, 3.8) is 0 Å². The predicted octanol–water partition coefficient (Wildman–Crippen LogP) is 3.63. The first-order chi connectivity index (χ1) is 10.3. The highest BCUT2D eigenvalue weighted by atomic mass is 32.2. The Morgan fingerprint density at radius 2 is 1.95 bits per heavy atom. The number of nitrogens with zero attached hydrogens (tertiary/aromatic N) is 1. The van der Waals surface area contributed by atoms with Crippen LogP contribution in [-0.2, 0) is 4.87 Å². The van der Waals surface area contributed by atoms with Gasteiger partial charge in [0.15, 0.2) is 0 Å². The Labute approximate surface area is 128 Å². The molecule has 0 saturated heterocycles. The molecule has 2 aliphatic heterocycles. The normalized spacial score (nSPS) is 23.2. The number of ether oxygens (including phenoxy) is 1. The van der Waals surface area contributed by atoms with Crippen LogP contribution in [-0.4, -0.2) is 11.7 Å². The molecule has 2 aromatic carbocycles. The van der Waals surface area contributed by atoms with Crippen molar-refractivity contribution in [2.75, 3.05) is 6.61 Å². The summed E-state index contributed by atoms with van der Waals surface area (Å²) in [5.41, 5.74) is 6.98. The zero-order chi connectivity index (χ0) is 14.3. The number of hydrazone groups is 1. The Morgan fingerprint density at radius 1 is 1.14 bits per heavy atom. The molecule has 0 aliphatic carbocycles. The van der Waals surface area contributed by atoms with Gasteiger partial charge in [-0.15, -0.1) is 0 Å². The van der Waals surface area contributed by atoms with Gasteiger partial charge in [-0.1, -0.05) is 59.8 Å². The fourth-order valence-corrected chi connectivity index (χ4v) is 3.99. The average molecular weight is 296 g/mol. The zero-order valence-corrected chi connectivity index (χ0v) is 12.6. The molecule has 0 aromatic heterocycles. The maximum Gasteiger partial charge on any atom is 0.138 e. The third kappa shape index (κ3) is 2.10. The summed E-state index contributed by atoms with van der Waals surface area (Å²) in [6.07, 6.45) is 0.910. The van der Waals surface area contributed by atoms with Gasteiger partial charge in [-0.25, -0.2) is 0 Å². The van der Waals surface area contributed by atoms with Crippen LogP contribution in [0.2, 0.25) is 0 Å². The van der Waals surface area contributed by atoms with Crippen molar-refractivity contribution in [1.29, 1.82) is 0 Å². The molecular weight excluding hydrogens is 280 g/mol. The van der Waals surface area contributed by atoms with E-state index in [9.17, 15) is 0 Å². The number of hydrogen-bond donors (Lipinski definition) is 1. The minimum Gasteiger partial charge on any atom is -0.493 e. The highest BCUT2D eigenvalue weighted by molar-refractivity contribution is 8.15. The van der Waals surface area contributed by atoms with Crippen LogP contribution in [0.15, 0.2) is 53.6 Å². The molecule has 1 N–H and O–H groups in total. The Hall–Kier alpha value is -1.94. The molecule has 21 heavy (non-hydrogen) atoms. The van der Waals surface area contributed by atoms with Gasteiger partial charge < -0.3 is 4.74 Å². The van der Waals surface area contributed by atoms with Gasteiger partial charge in [0.2, 0.25) is 0 Å². The summed E-state index contributed by atoms with van der Waals surface area (Å²) in [4.78, 5) is -0.185. The Kier molecular flexibility index (Phi) is 2.93. The zero-order valence-electron chi connectivity index (χ0n) is 11.8. The van der Waals surface area contributed by atoms with E-state index in [-0.39, 0.29) is 4.87 Å². The number of thioether (sulfide) groups is 1. The highest BCUT2D eigenvalue weighted by Gasteiger charge is 2.43. The number of rotatable bonds is 1. The van der Waals surface area contributed by atoms with Gasteiger partial charge >= 0.3 is 0 Å². The molecule has 4 heteroatoms. The lowest BCUT2D eigenvalue weighted by molar-refractivity contribution is 0.242. The molecule has 4 rings (SSSR count). The molecule has 0 amide bonds. The lowest BCUT2D eigenvalue weighted by atomic mass is 10.0. The van der Waals surface area contributed by atoms with Crippen LogP contribution in [0.1, 0.15) is 23.1 Å². The van der Waals surface area contributed by atoms with Crippen LogP contribution in [0.25, 0.3) is 0 Å². The number of benzene rings is 2. The summed E-state index contributed by atoms with van der Waals surface area (Å²) < 4.78 is 5.76. The van der Waals surface area contributed by atoms with E-state index in [4.69, 9.17) is 4.74 Å². The van der Waals surface area contributed by atoms with E-state index in [0.717, 1.165) is 17.2 Å². The number of aryl methyl sites for hydroxylation is 1. The van der Waals surface area contributed by atoms with Crippen LogP contribution in [0.4, 0.5) is 0 Å². The second-order valence-electron chi connectivity index (χ2n) is 5.42. The lowest BCUT2D eigenvalue weighted by Crippen LogP contribution is -2.37. The van der Waals surface area contributed by atoms with Gasteiger partial charge in [0.05, 0.1) is 6.61 Å². The minimum atomic E-state index is -0.185. The van der Waals surface area contributed by atoms with Crippen LogP contribution >= 0.6 is 11.8 Å². The van der Waals surface area contributed by atoms with Gasteiger partial charge in [-0.3, -0.25) is 5.43 Å². The van der Waals surface area contributed by atoms with Crippen LogP contribution in [0, 0.1) is 6.92 Å². The fraction of sp³-hybridized carbons (Fsp3) is 0.235. The molecule has 0 radical (unpaired) electrons. The molecule has 2 aliphatic rings. The topological polar surface area (TPSA) is 33.6 Å². The number of fused-ring (bicyclic) bond motifs is 2. The summed E-state index contributed by atoms with van der Waals surface area (Å²) in [6, 6.07) is 16.7. The molecule has 1 atom stereocenters. The number of hydrogen-bond acceptors (Lipinski definition) is 4. The van der Waals surface area contributed by atoms with E-state index in [1.807, 2.05) is 12.1 Å². The molecule has 0 fully saturated rings. The van der Waals surface area contributed by atoms with Gasteiger partial charge in [0.25, 0.3) is 0 Å². The highest BCUT2D eigenvalue weighted by Crippen LogP contribution is 2.48. The van der Waals surface area contributed by atoms with Gasteiger partial charge in [-0.05, 0) is 13.0 Å². The maximum absolute atomic E-state index is 5.76. The first-order valence-corrected chi connectivity index (χ1v) is 7.92. The van der Waals surface area contributed by atoms with Crippen LogP contribution in [0.5, 0.6) is 5.75 Å². The lowest BCUT2D eigenvalue weighted by Gasteiger charge is -2.34. The Balaban J connectivity index is 1.68. The molecule has 1 spiro atoms. The molecule has 3 nitrogen and oxygen atoms in total.